The Morgan fingerprint density at radius 1 is 1.00 bits per heavy atom. The standard InChI is InChI=1S/C19H20N4O3S/c1-14-9-11-17(12-10-14)27(25,26)21-20-13-18-15(2)22(3)23(19(18)24)16-7-5-4-6-8-16/h4-13,21H,1-3H3/b20-13+. The normalized spacial score (nSPS) is 11.8. The Labute approximate surface area is 157 Å². The van der Waals surface area contributed by atoms with E-state index in [0.29, 0.717) is 16.9 Å². The fourth-order valence-electron chi connectivity index (χ4n) is 2.67. The third kappa shape index (κ3) is 3.70. The van der Waals surface area contributed by atoms with Crippen molar-refractivity contribution >= 4 is 16.2 Å². The molecule has 0 radical (unpaired) electrons. The van der Waals surface area contributed by atoms with Crippen molar-refractivity contribution in [1.29, 1.82) is 0 Å². The van der Waals surface area contributed by atoms with Crippen LogP contribution in [0.4, 0.5) is 0 Å². The molecule has 0 aliphatic heterocycles. The molecule has 0 bridgehead atoms. The van der Waals surface area contributed by atoms with Gasteiger partial charge >= 0.3 is 0 Å². The van der Waals surface area contributed by atoms with Crippen LogP contribution in [0, 0.1) is 13.8 Å². The van der Waals surface area contributed by atoms with Gasteiger partial charge in [0.05, 0.1) is 22.4 Å². The molecule has 3 rings (SSSR count). The fraction of sp³-hybridized carbons (Fsp3) is 0.158. The van der Waals surface area contributed by atoms with Crippen molar-refractivity contribution in [2.24, 2.45) is 12.1 Å². The highest BCUT2D eigenvalue weighted by Gasteiger charge is 2.15. The maximum Gasteiger partial charge on any atom is 0.280 e. The first-order valence-electron chi connectivity index (χ1n) is 8.27. The lowest BCUT2D eigenvalue weighted by atomic mass is 10.2. The zero-order chi connectivity index (χ0) is 19.6. The second-order valence-electron chi connectivity index (χ2n) is 6.14. The third-order valence-electron chi connectivity index (χ3n) is 4.30. The number of nitrogens with zero attached hydrogens (tertiary/aromatic N) is 3. The van der Waals surface area contributed by atoms with Gasteiger partial charge in [0, 0.05) is 12.7 Å². The Morgan fingerprint density at radius 2 is 1.63 bits per heavy atom. The smallest absolute Gasteiger partial charge is 0.280 e. The molecule has 0 unspecified atom stereocenters. The molecular weight excluding hydrogens is 364 g/mol. The van der Waals surface area contributed by atoms with Gasteiger partial charge in [-0.2, -0.15) is 13.5 Å². The van der Waals surface area contributed by atoms with Crippen LogP contribution in [0.25, 0.3) is 5.69 Å². The lowest BCUT2D eigenvalue weighted by molar-refractivity contribution is 0.584. The van der Waals surface area contributed by atoms with Crippen LogP contribution in [0.1, 0.15) is 16.8 Å². The maximum absolute atomic E-state index is 12.7. The van der Waals surface area contributed by atoms with Crippen LogP contribution in [-0.2, 0) is 17.1 Å². The Morgan fingerprint density at radius 3 is 2.26 bits per heavy atom. The van der Waals surface area contributed by atoms with E-state index in [4.69, 9.17) is 0 Å². The first-order chi connectivity index (χ1) is 12.8. The summed E-state index contributed by atoms with van der Waals surface area (Å²) < 4.78 is 27.8. The molecule has 0 spiro atoms. The number of nitrogens with one attached hydrogen (secondary N) is 1. The molecule has 8 heteroatoms. The number of para-hydroxylation sites is 1. The minimum atomic E-state index is -3.79. The van der Waals surface area contributed by atoms with Crippen LogP contribution in [0.3, 0.4) is 0 Å². The van der Waals surface area contributed by atoms with Gasteiger partial charge in [-0.15, -0.1) is 0 Å². The number of hydrogen-bond acceptors (Lipinski definition) is 4. The van der Waals surface area contributed by atoms with Gasteiger partial charge in [0.15, 0.2) is 0 Å². The Hall–Kier alpha value is -3.13. The van der Waals surface area contributed by atoms with E-state index in [0.717, 1.165) is 5.56 Å². The largest absolute Gasteiger partial charge is 0.285 e. The quantitative estimate of drug-likeness (QED) is 0.540. The summed E-state index contributed by atoms with van der Waals surface area (Å²) >= 11 is 0. The lowest BCUT2D eigenvalue weighted by Gasteiger charge is -2.07. The molecule has 0 amide bonds. The van der Waals surface area contributed by atoms with Crippen molar-refractivity contribution in [3.8, 4) is 5.69 Å². The molecule has 0 saturated heterocycles. The number of rotatable bonds is 5. The van der Waals surface area contributed by atoms with Crippen molar-refractivity contribution in [2.75, 3.05) is 0 Å². The van der Waals surface area contributed by atoms with E-state index in [2.05, 4.69) is 9.93 Å². The number of benzene rings is 2. The van der Waals surface area contributed by atoms with Gasteiger partial charge in [-0.05, 0) is 38.1 Å². The molecule has 1 aromatic heterocycles. The molecule has 3 aromatic rings. The number of hydrogen-bond donors (Lipinski definition) is 1. The molecule has 1 heterocycles. The van der Waals surface area contributed by atoms with Gasteiger partial charge in [-0.1, -0.05) is 35.9 Å². The predicted molar refractivity (Wildman–Crippen MR) is 105 cm³/mol. The predicted octanol–water partition coefficient (Wildman–Crippen LogP) is 2.11. The summed E-state index contributed by atoms with van der Waals surface area (Å²) in [6.45, 7) is 3.65. The monoisotopic (exact) mass is 384 g/mol. The summed E-state index contributed by atoms with van der Waals surface area (Å²) in [6.07, 6.45) is 1.24. The highest BCUT2D eigenvalue weighted by molar-refractivity contribution is 7.89. The first-order valence-corrected chi connectivity index (χ1v) is 9.75. The van der Waals surface area contributed by atoms with E-state index >= 15 is 0 Å². The van der Waals surface area contributed by atoms with Gasteiger partial charge in [0.25, 0.3) is 15.6 Å². The average Bonchev–Trinajstić information content (AvgIpc) is 2.86. The molecule has 0 aliphatic rings. The van der Waals surface area contributed by atoms with Gasteiger partial charge in [-0.3, -0.25) is 9.48 Å². The van der Waals surface area contributed by atoms with Crippen LogP contribution in [0.2, 0.25) is 0 Å². The van der Waals surface area contributed by atoms with Crippen molar-refractivity contribution in [3.63, 3.8) is 0 Å². The van der Waals surface area contributed by atoms with Gasteiger partial charge in [0.2, 0.25) is 0 Å². The maximum atomic E-state index is 12.7. The number of hydrazone groups is 1. The van der Waals surface area contributed by atoms with E-state index in [1.807, 2.05) is 37.3 Å². The number of aromatic nitrogens is 2. The Kier molecular flexibility index (Phi) is 5.00. The SMILES string of the molecule is Cc1ccc(S(=O)(=O)N/N=C/c2c(C)n(C)n(-c3ccccc3)c2=O)cc1. The van der Waals surface area contributed by atoms with E-state index in [1.165, 1.54) is 23.0 Å². The van der Waals surface area contributed by atoms with E-state index in [-0.39, 0.29) is 10.5 Å². The summed E-state index contributed by atoms with van der Waals surface area (Å²) in [4.78, 5) is 15.0. The summed E-state index contributed by atoms with van der Waals surface area (Å²) in [5.74, 6) is 0. The molecule has 27 heavy (non-hydrogen) atoms. The summed E-state index contributed by atoms with van der Waals surface area (Å²) in [5.41, 5.74) is 2.38. The number of aryl methyl sites for hydroxylation is 1. The van der Waals surface area contributed by atoms with Crippen molar-refractivity contribution in [1.82, 2.24) is 14.2 Å². The molecule has 1 N–H and O–H groups in total. The minimum absolute atomic E-state index is 0.108. The van der Waals surface area contributed by atoms with Crippen molar-refractivity contribution < 1.29 is 8.42 Å². The van der Waals surface area contributed by atoms with Crippen LogP contribution in [-0.4, -0.2) is 24.0 Å². The van der Waals surface area contributed by atoms with Crippen LogP contribution in [0.5, 0.6) is 0 Å². The highest BCUT2D eigenvalue weighted by atomic mass is 32.2. The molecule has 0 fully saturated rings. The van der Waals surface area contributed by atoms with Crippen LogP contribution >= 0.6 is 0 Å². The summed E-state index contributed by atoms with van der Waals surface area (Å²) in [6, 6.07) is 15.6. The van der Waals surface area contributed by atoms with E-state index in [9.17, 15) is 13.2 Å². The second kappa shape index (κ2) is 7.24. The van der Waals surface area contributed by atoms with Crippen LogP contribution < -0.4 is 10.4 Å². The van der Waals surface area contributed by atoms with Gasteiger partial charge < -0.3 is 0 Å². The fourth-order valence-corrected chi connectivity index (χ4v) is 3.46. The lowest BCUT2D eigenvalue weighted by Crippen LogP contribution is -2.22. The molecule has 140 valence electrons. The molecule has 7 nitrogen and oxygen atoms in total. The highest BCUT2D eigenvalue weighted by Crippen LogP contribution is 2.11. The summed E-state index contributed by atoms with van der Waals surface area (Å²) in [5, 5.41) is 3.79. The number of sulfonamides is 1. The van der Waals surface area contributed by atoms with Gasteiger partial charge in [0.1, 0.15) is 0 Å². The van der Waals surface area contributed by atoms with E-state index in [1.54, 1.807) is 30.8 Å². The zero-order valence-corrected chi connectivity index (χ0v) is 16.1. The molecule has 0 atom stereocenters. The summed E-state index contributed by atoms with van der Waals surface area (Å²) in [7, 11) is -2.03. The zero-order valence-electron chi connectivity index (χ0n) is 15.2. The van der Waals surface area contributed by atoms with Crippen LogP contribution in [0.15, 0.2) is 69.4 Å². The minimum Gasteiger partial charge on any atom is -0.285 e. The average molecular weight is 384 g/mol. The molecule has 2 aromatic carbocycles. The van der Waals surface area contributed by atoms with E-state index < -0.39 is 10.0 Å². The van der Waals surface area contributed by atoms with Gasteiger partial charge in [-0.25, -0.2) is 9.51 Å². The molecule has 0 aliphatic carbocycles. The van der Waals surface area contributed by atoms with Crippen molar-refractivity contribution in [2.45, 2.75) is 18.7 Å². The molecule has 0 saturated carbocycles. The third-order valence-corrected chi connectivity index (χ3v) is 5.54. The Bertz CT molecular complexity index is 1140. The molecular formula is C19H20N4O3S. The van der Waals surface area contributed by atoms with Crippen molar-refractivity contribution in [3.05, 3.63) is 81.8 Å². The second-order valence-corrected chi connectivity index (χ2v) is 7.80. The Balaban J connectivity index is 1.90. The first kappa shape index (κ1) is 18.7. The topological polar surface area (TPSA) is 85.5 Å².